The van der Waals surface area contributed by atoms with Gasteiger partial charge in [0, 0.05) is 12.0 Å². The molecule has 110 valence electrons. The van der Waals surface area contributed by atoms with Crippen molar-refractivity contribution in [2.75, 3.05) is 6.61 Å². The first-order chi connectivity index (χ1) is 9.99. The number of carboxylic acid groups (broad SMARTS) is 1. The predicted octanol–water partition coefficient (Wildman–Crippen LogP) is 2.73. The summed E-state index contributed by atoms with van der Waals surface area (Å²) in [6, 6.07) is 9.89. The van der Waals surface area contributed by atoms with E-state index in [4.69, 9.17) is 9.84 Å². The number of hydrogen-bond donors (Lipinski definition) is 3. The molecule has 3 N–H and O–H groups in total. The Hall–Kier alpha value is -2.69. The molecule has 0 radical (unpaired) electrons. The molecule has 2 aromatic rings. The van der Waals surface area contributed by atoms with Crippen molar-refractivity contribution >= 4 is 5.97 Å². The van der Waals surface area contributed by atoms with E-state index in [1.54, 1.807) is 0 Å². The maximum absolute atomic E-state index is 10.9. The van der Waals surface area contributed by atoms with Crippen LogP contribution in [0.15, 0.2) is 36.4 Å². The summed E-state index contributed by atoms with van der Waals surface area (Å²) in [7, 11) is 0. The molecular formula is C16H16O5. The van der Waals surface area contributed by atoms with Crippen molar-refractivity contribution in [3.8, 4) is 17.2 Å². The average molecular weight is 288 g/mol. The molecule has 0 fully saturated rings. The fourth-order valence-electron chi connectivity index (χ4n) is 1.95. The normalized spacial score (nSPS) is 10.3. The van der Waals surface area contributed by atoms with E-state index in [-0.39, 0.29) is 29.9 Å². The summed E-state index contributed by atoms with van der Waals surface area (Å²) in [5, 5.41) is 28.5. The van der Waals surface area contributed by atoms with Gasteiger partial charge in [-0.1, -0.05) is 17.7 Å². The van der Waals surface area contributed by atoms with Gasteiger partial charge in [-0.15, -0.1) is 0 Å². The lowest BCUT2D eigenvalue weighted by molar-refractivity contribution is 0.0693. The molecule has 0 aliphatic rings. The number of ether oxygens (including phenoxy) is 1. The maximum atomic E-state index is 10.9. The van der Waals surface area contributed by atoms with Crippen LogP contribution in [-0.4, -0.2) is 27.9 Å². The molecule has 5 nitrogen and oxygen atoms in total. The number of aryl methyl sites for hydroxylation is 1. The van der Waals surface area contributed by atoms with Crippen molar-refractivity contribution < 1.29 is 24.9 Å². The van der Waals surface area contributed by atoms with E-state index in [1.165, 1.54) is 6.07 Å². The molecular weight excluding hydrogens is 272 g/mol. The first kappa shape index (κ1) is 14.7. The molecule has 0 unspecified atom stereocenters. The lowest BCUT2D eigenvalue weighted by atomic mass is 10.1. The minimum atomic E-state index is -1.24. The van der Waals surface area contributed by atoms with Gasteiger partial charge in [-0.2, -0.15) is 0 Å². The maximum Gasteiger partial charge on any atom is 0.339 e. The molecule has 21 heavy (non-hydrogen) atoms. The third-order valence-electron chi connectivity index (χ3n) is 3.13. The summed E-state index contributed by atoms with van der Waals surface area (Å²) < 4.78 is 5.51. The van der Waals surface area contributed by atoms with E-state index < -0.39 is 11.7 Å². The van der Waals surface area contributed by atoms with Gasteiger partial charge in [0.15, 0.2) is 0 Å². The van der Waals surface area contributed by atoms with Crippen LogP contribution in [0.1, 0.15) is 21.5 Å². The van der Waals surface area contributed by atoms with Crippen LogP contribution >= 0.6 is 0 Å². The second kappa shape index (κ2) is 6.17. The number of carboxylic acids is 1. The van der Waals surface area contributed by atoms with E-state index in [1.807, 2.05) is 31.2 Å². The van der Waals surface area contributed by atoms with Crippen molar-refractivity contribution in [3.05, 3.63) is 53.1 Å². The number of benzene rings is 2. The van der Waals surface area contributed by atoms with Crippen molar-refractivity contribution in [1.29, 1.82) is 0 Å². The topological polar surface area (TPSA) is 87.0 Å². The van der Waals surface area contributed by atoms with Crippen molar-refractivity contribution in [2.45, 2.75) is 13.3 Å². The summed E-state index contributed by atoms with van der Waals surface area (Å²) >= 11 is 0. The van der Waals surface area contributed by atoms with E-state index in [2.05, 4.69) is 0 Å². The van der Waals surface area contributed by atoms with Crippen LogP contribution in [0.2, 0.25) is 0 Å². The Morgan fingerprint density at radius 3 is 2.38 bits per heavy atom. The van der Waals surface area contributed by atoms with Crippen LogP contribution < -0.4 is 4.74 Å². The zero-order valence-corrected chi connectivity index (χ0v) is 11.5. The fraction of sp³-hybridized carbons (Fsp3) is 0.188. The SMILES string of the molecule is Cc1ccc(OCCc2c(O)ccc(C(=O)O)c2O)cc1. The van der Waals surface area contributed by atoms with Gasteiger partial charge in [0.05, 0.1) is 6.61 Å². The lowest BCUT2D eigenvalue weighted by Crippen LogP contribution is -2.04. The quantitative estimate of drug-likeness (QED) is 0.787. The molecule has 0 saturated carbocycles. The molecule has 2 aromatic carbocycles. The molecule has 0 atom stereocenters. The molecule has 0 heterocycles. The highest BCUT2D eigenvalue weighted by molar-refractivity contribution is 5.91. The standard InChI is InChI=1S/C16H16O5/c1-10-2-4-11(5-3-10)21-9-8-12-14(17)7-6-13(15(12)18)16(19)20/h2-7,17-18H,8-9H2,1H3,(H,19,20). The van der Waals surface area contributed by atoms with E-state index in [9.17, 15) is 15.0 Å². The number of phenolic OH excluding ortho intramolecular Hbond substituents is 1. The van der Waals surface area contributed by atoms with Crippen LogP contribution in [0.25, 0.3) is 0 Å². The molecule has 0 spiro atoms. The molecule has 0 aliphatic carbocycles. The zero-order valence-electron chi connectivity index (χ0n) is 11.5. The number of aromatic hydroxyl groups is 2. The van der Waals surface area contributed by atoms with Gasteiger partial charge in [-0.05, 0) is 31.2 Å². The Morgan fingerprint density at radius 2 is 1.76 bits per heavy atom. The lowest BCUT2D eigenvalue weighted by Gasteiger charge is -2.11. The second-order valence-electron chi connectivity index (χ2n) is 4.68. The highest BCUT2D eigenvalue weighted by Gasteiger charge is 2.16. The van der Waals surface area contributed by atoms with Crippen molar-refractivity contribution in [1.82, 2.24) is 0 Å². The van der Waals surface area contributed by atoms with Gasteiger partial charge in [-0.25, -0.2) is 4.79 Å². The summed E-state index contributed by atoms with van der Waals surface area (Å²) in [6.07, 6.45) is 0.201. The van der Waals surface area contributed by atoms with Crippen LogP contribution in [0, 0.1) is 6.92 Å². The molecule has 0 aromatic heterocycles. The van der Waals surface area contributed by atoms with Gasteiger partial charge >= 0.3 is 5.97 Å². The fourth-order valence-corrected chi connectivity index (χ4v) is 1.95. The Labute approximate surface area is 122 Å². The third-order valence-corrected chi connectivity index (χ3v) is 3.13. The van der Waals surface area contributed by atoms with Crippen LogP contribution in [-0.2, 0) is 6.42 Å². The van der Waals surface area contributed by atoms with Crippen LogP contribution in [0.5, 0.6) is 17.2 Å². The first-order valence-corrected chi connectivity index (χ1v) is 6.45. The Kier molecular flexibility index (Phi) is 4.33. The Balaban J connectivity index is 2.07. The molecule has 0 amide bonds. The minimum absolute atomic E-state index is 0.148. The number of hydrogen-bond acceptors (Lipinski definition) is 4. The first-order valence-electron chi connectivity index (χ1n) is 6.45. The van der Waals surface area contributed by atoms with Gasteiger partial charge in [0.25, 0.3) is 0 Å². The van der Waals surface area contributed by atoms with E-state index >= 15 is 0 Å². The predicted molar refractivity (Wildman–Crippen MR) is 77.1 cm³/mol. The van der Waals surface area contributed by atoms with Crippen molar-refractivity contribution in [3.63, 3.8) is 0 Å². The van der Waals surface area contributed by atoms with Crippen LogP contribution in [0.4, 0.5) is 0 Å². The van der Waals surface area contributed by atoms with Gasteiger partial charge in [-0.3, -0.25) is 0 Å². The summed E-state index contributed by atoms with van der Waals surface area (Å²) in [5.41, 5.74) is 1.05. The minimum Gasteiger partial charge on any atom is -0.508 e. The highest BCUT2D eigenvalue weighted by atomic mass is 16.5. The summed E-state index contributed by atoms with van der Waals surface area (Å²) in [5.74, 6) is -1.14. The highest BCUT2D eigenvalue weighted by Crippen LogP contribution is 2.31. The zero-order chi connectivity index (χ0) is 15.4. The monoisotopic (exact) mass is 288 g/mol. The summed E-state index contributed by atoms with van der Waals surface area (Å²) in [4.78, 5) is 10.9. The van der Waals surface area contributed by atoms with E-state index in [0.29, 0.717) is 5.75 Å². The van der Waals surface area contributed by atoms with Gasteiger partial charge in [0.1, 0.15) is 22.8 Å². The second-order valence-corrected chi connectivity index (χ2v) is 4.68. The van der Waals surface area contributed by atoms with Crippen LogP contribution in [0.3, 0.4) is 0 Å². The molecule has 0 aliphatic heterocycles. The number of carbonyl (C=O) groups is 1. The number of aromatic carboxylic acids is 1. The molecule has 5 heteroatoms. The Bertz CT molecular complexity index is 646. The summed E-state index contributed by atoms with van der Waals surface area (Å²) in [6.45, 7) is 2.19. The number of rotatable bonds is 5. The third kappa shape index (κ3) is 3.45. The van der Waals surface area contributed by atoms with Gasteiger partial charge < -0.3 is 20.1 Å². The molecule has 0 saturated heterocycles. The molecule has 0 bridgehead atoms. The number of phenols is 2. The average Bonchev–Trinajstić information content (AvgIpc) is 2.44. The molecule has 2 rings (SSSR count). The smallest absolute Gasteiger partial charge is 0.339 e. The largest absolute Gasteiger partial charge is 0.508 e. The Morgan fingerprint density at radius 1 is 1.10 bits per heavy atom. The van der Waals surface area contributed by atoms with E-state index in [0.717, 1.165) is 11.6 Å². The van der Waals surface area contributed by atoms with Crippen molar-refractivity contribution in [2.24, 2.45) is 0 Å². The van der Waals surface area contributed by atoms with Gasteiger partial charge in [0.2, 0.25) is 0 Å².